The molecular formula is C26H20Cl2N7O3S2-. The van der Waals surface area contributed by atoms with Crippen molar-refractivity contribution in [3.05, 3.63) is 102 Å². The van der Waals surface area contributed by atoms with Crippen molar-refractivity contribution in [2.24, 2.45) is 0 Å². The summed E-state index contributed by atoms with van der Waals surface area (Å²) in [6.45, 7) is 0. The van der Waals surface area contributed by atoms with E-state index in [9.17, 15) is 13.2 Å². The van der Waals surface area contributed by atoms with Crippen LogP contribution in [-0.4, -0.2) is 45.0 Å². The number of halogens is 2. The Balaban J connectivity index is 0.00000370. The lowest BCUT2D eigenvalue weighted by molar-refractivity contribution is -0.113. The second-order valence-corrected chi connectivity index (χ2v) is 11.1. The maximum absolute atomic E-state index is 12.7. The summed E-state index contributed by atoms with van der Waals surface area (Å²) < 4.78 is 29.5. The van der Waals surface area contributed by atoms with E-state index >= 15 is 0 Å². The highest BCUT2D eigenvalue weighted by Gasteiger charge is 2.18. The Morgan fingerprint density at radius 2 is 1.50 bits per heavy atom. The van der Waals surface area contributed by atoms with Crippen molar-refractivity contribution in [2.75, 3.05) is 15.8 Å². The molecule has 0 saturated carbocycles. The van der Waals surface area contributed by atoms with Gasteiger partial charge in [-0.1, -0.05) is 71.9 Å². The Bertz CT molecular complexity index is 1690. The molecule has 0 unspecified atom stereocenters. The molecule has 0 saturated heterocycles. The van der Waals surface area contributed by atoms with E-state index in [1.54, 1.807) is 0 Å². The van der Waals surface area contributed by atoms with Gasteiger partial charge in [0.25, 0.3) is 10.0 Å². The average Bonchev–Trinajstić information content (AvgIpc) is 3.38. The number of anilines is 2. The Labute approximate surface area is 245 Å². The molecule has 204 valence electrons. The molecule has 14 heteroatoms. The molecule has 2 heterocycles. The maximum atomic E-state index is 12.7. The Kier molecular flexibility index (Phi) is 9.38. The van der Waals surface area contributed by atoms with Gasteiger partial charge in [0.1, 0.15) is 0 Å². The van der Waals surface area contributed by atoms with Gasteiger partial charge in [0.15, 0.2) is 22.0 Å². The minimum atomic E-state index is -3.90. The number of aromatic nitrogens is 5. The predicted molar refractivity (Wildman–Crippen MR) is 150 cm³/mol. The molecule has 3 aromatic carbocycles. The molecule has 5 rings (SSSR count). The highest BCUT2D eigenvalue weighted by atomic mass is 35.5. The summed E-state index contributed by atoms with van der Waals surface area (Å²) in [4.78, 5) is 12.7. The van der Waals surface area contributed by atoms with Gasteiger partial charge < -0.3 is 17.7 Å². The number of thioether (sulfide) groups is 1. The number of para-hydroxylation sites is 1. The molecule has 0 aliphatic heterocycles. The van der Waals surface area contributed by atoms with Crippen molar-refractivity contribution in [2.45, 2.75) is 10.1 Å². The first kappa shape index (κ1) is 29.0. The molecule has 0 atom stereocenters. The van der Waals surface area contributed by atoms with Crippen molar-refractivity contribution in [1.82, 2.24) is 25.0 Å². The molecule has 0 radical (unpaired) electrons. The van der Waals surface area contributed by atoms with Crippen LogP contribution < -0.4 is 22.4 Å². The van der Waals surface area contributed by atoms with Gasteiger partial charge in [0.05, 0.1) is 10.6 Å². The number of sulfonamides is 1. The van der Waals surface area contributed by atoms with Crippen molar-refractivity contribution in [3.63, 3.8) is 0 Å². The normalized spacial score (nSPS) is 10.9. The average molecular weight is 614 g/mol. The molecule has 0 spiro atoms. The second kappa shape index (κ2) is 12.9. The van der Waals surface area contributed by atoms with Crippen LogP contribution >= 0.6 is 23.4 Å². The van der Waals surface area contributed by atoms with Crippen LogP contribution in [0.15, 0.2) is 107 Å². The number of hydrogen-bond acceptors (Lipinski definition) is 8. The summed E-state index contributed by atoms with van der Waals surface area (Å²) in [6, 6.07) is 28.0. The molecule has 5 aromatic rings. The molecule has 10 nitrogen and oxygen atoms in total. The van der Waals surface area contributed by atoms with Crippen LogP contribution in [0.1, 0.15) is 0 Å². The van der Waals surface area contributed by atoms with E-state index in [1.165, 1.54) is 48.2 Å². The molecule has 1 amide bonds. The maximum Gasteiger partial charge on any atom is 0.263 e. The summed E-state index contributed by atoms with van der Waals surface area (Å²) in [5, 5.41) is 19.5. The minimum Gasteiger partial charge on any atom is -1.00 e. The van der Waals surface area contributed by atoms with Crippen LogP contribution in [0.4, 0.5) is 11.5 Å². The van der Waals surface area contributed by atoms with E-state index in [0.717, 1.165) is 11.3 Å². The van der Waals surface area contributed by atoms with Crippen molar-refractivity contribution < 1.29 is 25.6 Å². The third-order valence-electron chi connectivity index (χ3n) is 5.33. The van der Waals surface area contributed by atoms with Gasteiger partial charge in [0, 0.05) is 16.9 Å². The van der Waals surface area contributed by atoms with Gasteiger partial charge in [-0.3, -0.25) is 14.1 Å². The van der Waals surface area contributed by atoms with Gasteiger partial charge in [-0.15, -0.1) is 20.4 Å². The molecule has 0 fully saturated rings. The molecule has 2 aromatic heterocycles. The van der Waals surface area contributed by atoms with Gasteiger partial charge in [0.2, 0.25) is 5.91 Å². The lowest BCUT2D eigenvalue weighted by Crippen LogP contribution is -3.00. The first-order valence-corrected chi connectivity index (χ1v) is 14.3. The number of rotatable bonds is 9. The lowest BCUT2D eigenvalue weighted by Gasteiger charge is -2.11. The monoisotopic (exact) mass is 612 g/mol. The molecule has 40 heavy (non-hydrogen) atoms. The summed E-state index contributed by atoms with van der Waals surface area (Å²) in [5.74, 6) is 0.484. The predicted octanol–water partition coefficient (Wildman–Crippen LogP) is 1.91. The molecule has 0 aliphatic rings. The van der Waals surface area contributed by atoms with Crippen LogP contribution in [0.3, 0.4) is 0 Å². The molecule has 2 N–H and O–H groups in total. The number of nitrogens with one attached hydrogen (secondary N) is 2. The first-order chi connectivity index (χ1) is 18.9. The van der Waals surface area contributed by atoms with Crippen molar-refractivity contribution in [3.8, 4) is 17.1 Å². The highest BCUT2D eigenvalue weighted by molar-refractivity contribution is 7.99. The standard InChI is InChI=1S/C26H20ClN7O3S2.ClH/c27-22-15-16-23(30-29-22)33-39(36,37)21-13-11-19(12-14-21)28-24(35)17-38-26-32-31-25(18-7-3-1-4-8-18)34(26)20-9-5-2-6-10-20;/h1-16H,17H2,(H,28,35)(H,30,33);1H/p-1. The van der Waals surface area contributed by atoms with Crippen LogP contribution in [0, 0.1) is 0 Å². The quantitative estimate of drug-likeness (QED) is 0.241. The Morgan fingerprint density at radius 3 is 2.15 bits per heavy atom. The van der Waals surface area contributed by atoms with E-state index in [4.69, 9.17) is 11.6 Å². The number of hydrogen-bond donors (Lipinski definition) is 2. The Morgan fingerprint density at radius 1 is 0.825 bits per heavy atom. The van der Waals surface area contributed by atoms with Gasteiger partial charge >= 0.3 is 0 Å². The fourth-order valence-corrected chi connectivity index (χ4v) is 5.41. The zero-order valence-electron chi connectivity index (χ0n) is 20.5. The second-order valence-electron chi connectivity index (χ2n) is 8.05. The van der Waals surface area contributed by atoms with E-state index in [1.807, 2.05) is 65.2 Å². The number of carbonyl (C=O) groups is 1. The SMILES string of the molecule is O=C(CSc1nnc(-c2ccccc2)n1-c1ccccc1)Nc1ccc(S(=O)(=O)Nc2ccc(Cl)nn2)cc1.[Cl-]. The lowest BCUT2D eigenvalue weighted by atomic mass is 10.2. The third-order valence-corrected chi connectivity index (χ3v) is 7.83. The van der Waals surface area contributed by atoms with Crippen LogP contribution in [0.5, 0.6) is 0 Å². The largest absolute Gasteiger partial charge is 1.00 e. The fraction of sp³-hybridized carbons (Fsp3) is 0.0385. The van der Waals surface area contributed by atoms with Crippen LogP contribution in [0.2, 0.25) is 5.15 Å². The smallest absolute Gasteiger partial charge is 0.263 e. The number of nitrogens with zero attached hydrogens (tertiary/aromatic N) is 5. The zero-order valence-corrected chi connectivity index (χ0v) is 23.6. The fourth-order valence-electron chi connectivity index (χ4n) is 3.56. The van der Waals surface area contributed by atoms with Crippen LogP contribution in [-0.2, 0) is 14.8 Å². The summed E-state index contributed by atoms with van der Waals surface area (Å²) in [7, 11) is -3.90. The Hall–Kier alpha value is -3.97. The van der Waals surface area contributed by atoms with Gasteiger partial charge in [-0.25, -0.2) is 8.42 Å². The summed E-state index contributed by atoms with van der Waals surface area (Å²) in [5.41, 5.74) is 2.22. The zero-order chi connectivity index (χ0) is 27.2. The van der Waals surface area contributed by atoms with Gasteiger partial charge in [-0.05, 0) is 48.5 Å². The number of amides is 1. The minimum absolute atomic E-state index is 0. The van der Waals surface area contributed by atoms with E-state index in [2.05, 4.69) is 30.4 Å². The highest BCUT2D eigenvalue weighted by Crippen LogP contribution is 2.28. The van der Waals surface area contributed by atoms with Crippen LogP contribution in [0.25, 0.3) is 17.1 Å². The number of benzene rings is 3. The first-order valence-electron chi connectivity index (χ1n) is 11.5. The van der Waals surface area contributed by atoms with E-state index < -0.39 is 10.0 Å². The summed E-state index contributed by atoms with van der Waals surface area (Å²) in [6.07, 6.45) is 0. The molecular weight excluding hydrogens is 593 g/mol. The number of carbonyl (C=O) groups excluding carboxylic acids is 1. The van der Waals surface area contributed by atoms with Crippen molar-refractivity contribution >= 4 is 50.8 Å². The van der Waals surface area contributed by atoms with Crippen molar-refractivity contribution in [1.29, 1.82) is 0 Å². The van der Waals surface area contributed by atoms with E-state index in [0.29, 0.717) is 16.7 Å². The summed E-state index contributed by atoms with van der Waals surface area (Å²) >= 11 is 6.93. The van der Waals surface area contributed by atoms with Gasteiger partial charge in [-0.2, -0.15) is 0 Å². The van der Waals surface area contributed by atoms with E-state index in [-0.39, 0.29) is 39.9 Å². The molecule has 0 bridgehead atoms. The topological polar surface area (TPSA) is 132 Å². The molecule has 0 aliphatic carbocycles. The third kappa shape index (κ3) is 6.96.